The van der Waals surface area contributed by atoms with Crippen LogP contribution in [0.2, 0.25) is 0 Å². The summed E-state index contributed by atoms with van der Waals surface area (Å²) < 4.78 is 0. The van der Waals surface area contributed by atoms with Crippen LogP contribution < -0.4 is 5.73 Å². The second-order valence-electron chi connectivity index (χ2n) is 6.36. The molecule has 0 saturated carbocycles. The number of hydrogen-bond donors (Lipinski definition) is 3. The highest BCUT2D eigenvalue weighted by atomic mass is 16.4. The summed E-state index contributed by atoms with van der Waals surface area (Å²) in [6, 6.07) is 7.72. The Morgan fingerprint density at radius 2 is 2.04 bits per heavy atom. The molecule has 1 atom stereocenters. The van der Waals surface area contributed by atoms with E-state index >= 15 is 0 Å². The van der Waals surface area contributed by atoms with Gasteiger partial charge in [0.1, 0.15) is 6.04 Å². The van der Waals surface area contributed by atoms with Gasteiger partial charge in [-0.2, -0.15) is 0 Å². The summed E-state index contributed by atoms with van der Waals surface area (Å²) in [5.74, 6) is -2.12. The number of carboxylic acid groups (broad SMARTS) is 1. The molecule has 2 heterocycles. The molecular formula is C19H19N3O5. The van der Waals surface area contributed by atoms with E-state index in [1.807, 2.05) is 6.07 Å². The number of nitrogens with zero attached hydrogens (tertiary/aromatic N) is 2. The average molecular weight is 369 g/mol. The Hall–Kier alpha value is -3.26. The van der Waals surface area contributed by atoms with Crippen LogP contribution in [0, 0.1) is 0 Å². The molecule has 8 nitrogen and oxygen atoms in total. The Labute approximate surface area is 155 Å². The molecule has 3 rings (SSSR count). The Kier molecular flexibility index (Phi) is 5.18. The van der Waals surface area contributed by atoms with Gasteiger partial charge in [-0.15, -0.1) is 0 Å². The molecule has 1 aliphatic rings. The fraction of sp³-hybridized carbons (Fsp3) is 0.263. The van der Waals surface area contributed by atoms with Gasteiger partial charge in [-0.1, -0.05) is 6.07 Å². The summed E-state index contributed by atoms with van der Waals surface area (Å²) in [5, 5.41) is 18.1. The predicted octanol–water partition coefficient (Wildman–Crippen LogP) is 0.915. The van der Waals surface area contributed by atoms with Gasteiger partial charge in [0.2, 0.25) is 5.91 Å². The van der Waals surface area contributed by atoms with Gasteiger partial charge in [0.25, 0.3) is 5.91 Å². The van der Waals surface area contributed by atoms with Crippen molar-refractivity contribution in [2.24, 2.45) is 5.73 Å². The third kappa shape index (κ3) is 3.80. The first-order valence-electron chi connectivity index (χ1n) is 8.42. The molecule has 0 saturated heterocycles. The SMILES string of the molecule is NC(=O)C(CCC(=O)O)N1Cc2cc(-c3cc(CO)ccn3)ccc2C1=O. The molecule has 1 unspecified atom stereocenters. The van der Waals surface area contributed by atoms with Gasteiger partial charge < -0.3 is 20.8 Å². The summed E-state index contributed by atoms with van der Waals surface area (Å²) in [6.45, 7) is 0.0749. The van der Waals surface area contributed by atoms with Gasteiger partial charge >= 0.3 is 5.97 Å². The number of carbonyl (C=O) groups excluding carboxylic acids is 2. The molecule has 1 aromatic carbocycles. The summed E-state index contributed by atoms with van der Waals surface area (Å²) in [7, 11) is 0. The van der Waals surface area contributed by atoms with E-state index in [1.165, 1.54) is 4.90 Å². The van der Waals surface area contributed by atoms with Crippen LogP contribution in [0.3, 0.4) is 0 Å². The lowest BCUT2D eigenvalue weighted by Crippen LogP contribution is -2.45. The number of nitrogens with two attached hydrogens (primary N) is 1. The Balaban J connectivity index is 1.88. The zero-order chi connectivity index (χ0) is 19.6. The van der Waals surface area contributed by atoms with Gasteiger partial charge in [0.15, 0.2) is 0 Å². The number of rotatable bonds is 7. The lowest BCUT2D eigenvalue weighted by atomic mass is 10.0. The molecule has 0 bridgehead atoms. The normalized spacial score (nSPS) is 14.1. The molecule has 8 heteroatoms. The molecule has 140 valence electrons. The van der Waals surface area contributed by atoms with Crippen LogP contribution in [-0.2, 0) is 22.7 Å². The number of carboxylic acids is 1. The highest BCUT2D eigenvalue weighted by molar-refractivity contribution is 6.01. The van der Waals surface area contributed by atoms with E-state index in [4.69, 9.17) is 10.8 Å². The smallest absolute Gasteiger partial charge is 0.303 e. The number of aliphatic hydroxyl groups is 1. The Bertz CT molecular complexity index is 912. The molecule has 2 aromatic rings. The maximum absolute atomic E-state index is 12.7. The van der Waals surface area contributed by atoms with Crippen LogP contribution in [0.1, 0.15) is 34.3 Å². The molecule has 1 aliphatic heterocycles. The molecule has 0 radical (unpaired) electrons. The average Bonchev–Trinajstić information content (AvgIpc) is 2.97. The molecule has 0 fully saturated rings. The number of amides is 2. The number of benzene rings is 1. The standard InChI is InChI=1S/C19H19N3O5/c20-18(26)16(3-4-17(24)25)22-9-13-8-12(1-2-14(13)19(22)27)15-7-11(10-23)5-6-21-15/h1-2,5-8,16,23H,3-4,9-10H2,(H2,20,26)(H,24,25). The second-order valence-corrected chi connectivity index (χ2v) is 6.36. The molecule has 0 aliphatic carbocycles. The number of pyridine rings is 1. The third-order valence-electron chi connectivity index (χ3n) is 4.58. The number of hydrogen-bond acceptors (Lipinski definition) is 5. The van der Waals surface area contributed by atoms with Crippen molar-refractivity contribution >= 4 is 17.8 Å². The van der Waals surface area contributed by atoms with Gasteiger partial charge in [-0.3, -0.25) is 19.4 Å². The minimum atomic E-state index is -1.05. The third-order valence-corrected chi connectivity index (χ3v) is 4.58. The largest absolute Gasteiger partial charge is 0.481 e. The van der Waals surface area contributed by atoms with E-state index in [-0.39, 0.29) is 31.9 Å². The highest BCUT2D eigenvalue weighted by Crippen LogP contribution is 2.30. The van der Waals surface area contributed by atoms with Crippen LogP contribution in [0.15, 0.2) is 36.5 Å². The van der Waals surface area contributed by atoms with Crippen molar-refractivity contribution in [3.63, 3.8) is 0 Å². The second kappa shape index (κ2) is 7.55. The van der Waals surface area contributed by atoms with Crippen LogP contribution in [0.5, 0.6) is 0 Å². The van der Waals surface area contributed by atoms with Crippen LogP contribution in [0.25, 0.3) is 11.3 Å². The quantitative estimate of drug-likeness (QED) is 0.664. The minimum Gasteiger partial charge on any atom is -0.481 e. The van der Waals surface area contributed by atoms with Gasteiger partial charge in [0, 0.05) is 30.3 Å². The number of fused-ring (bicyclic) bond motifs is 1. The zero-order valence-electron chi connectivity index (χ0n) is 14.5. The summed E-state index contributed by atoms with van der Waals surface area (Å²) in [4.78, 5) is 40.8. The van der Waals surface area contributed by atoms with Crippen LogP contribution >= 0.6 is 0 Å². The monoisotopic (exact) mass is 369 g/mol. The number of aliphatic carboxylic acids is 1. The first-order chi connectivity index (χ1) is 12.9. The summed E-state index contributed by atoms with van der Waals surface area (Å²) >= 11 is 0. The van der Waals surface area contributed by atoms with E-state index in [9.17, 15) is 19.5 Å². The zero-order valence-corrected chi connectivity index (χ0v) is 14.5. The predicted molar refractivity (Wildman–Crippen MR) is 95.3 cm³/mol. The van der Waals surface area contributed by atoms with Crippen molar-refractivity contribution in [2.75, 3.05) is 0 Å². The Morgan fingerprint density at radius 3 is 2.70 bits per heavy atom. The first-order valence-corrected chi connectivity index (χ1v) is 8.42. The summed E-state index contributed by atoms with van der Waals surface area (Å²) in [6.07, 6.45) is 1.31. The topological polar surface area (TPSA) is 134 Å². The van der Waals surface area contributed by atoms with E-state index in [0.29, 0.717) is 11.3 Å². The van der Waals surface area contributed by atoms with Crippen molar-refractivity contribution < 1.29 is 24.6 Å². The lowest BCUT2D eigenvalue weighted by molar-refractivity contribution is -0.137. The maximum Gasteiger partial charge on any atom is 0.303 e. The van der Waals surface area contributed by atoms with Gasteiger partial charge in [-0.05, 0) is 41.8 Å². The number of aliphatic hydroxyl groups excluding tert-OH is 1. The fourth-order valence-electron chi connectivity index (χ4n) is 3.20. The van der Waals surface area contributed by atoms with E-state index < -0.39 is 17.9 Å². The highest BCUT2D eigenvalue weighted by Gasteiger charge is 2.35. The van der Waals surface area contributed by atoms with Gasteiger partial charge in [0.05, 0.1) is 12.3 Å². The number of primary amides is 1. The molecule has 2 amide bonds. The minimum absolute atomic E-state index is 0.0304. The van der Waals surface area contributed by atoms with E-state index in [1.54, 1.807) is 30.5 Å². The molecule has 27 heavy (non-hydrogen) atoms. The van der Waals surface area contributed by atoms with Crippen molar-refractivity contribution in [1.82, 2.24) is 9.88 Å². The fourth-order valence-corrected chi connectivity index (χ4v) is 3.20. The first kappa shape index (κ1) is 18.5. The van der Waals surface area contributed by atoms with E-state index in [0.717, 1.165) is 16.7 Å². The Morgan fingerprint density at radius 1 is 1.26 bits per heavy atom. The van der Waals surface area contributed by atoms with Crippen molar-refractivity contribution in [3.8, 4) is 11.3 Å². The maximum atomic E-state index is 12.7. The number of aromatic nitrogens is 1. The molecule has 0 spiro atoms. The van der Waals surface area contributed by atoms with Crippen LogP contribution in [0.4, 0.5) is 0 Å². The molecule has 4 N–H and O–H groups in total. The van der Waals surface area contributed by atoms with Crippen molar-refractivity contribution in [1.29, 1.82) is 0 Å². The molecular weight excluding hydrogens is 350 g/mol. The summed E-state index contributed by atoms with van der Waals surface area (Å²) in [5.41, 5.74) is 8.73. The van der Waals surface area contributed by atoms with E-state index in [2.05, 4.69) is 4.98 Å². The van der Waals surface area contributed by atoms with Crippen molar-refractivity contribution in [3.05, 3.63) is 53.2 Å². The molecule has 1 aromatic heterocycles. The van der Waals surface area contributed by atoms with Crippen LogP contribution in [-0.4, -0.2) is 43.9 Å². The number of carbonyl (C=O) groups is 3. The lowest BCUT2D eigenvalue weighted by Gasteiger charge is -2.24. The van der Waals surface area contributed by atoms with Gasteiger partial charge in [-0.25, -0.2) is 0 Å². The van der Waals surface area contributed by atoms with Crippen molar-refractivity contribution in [2.45, 2.75) is 32.0 Å².